The summed E-state index contributed by atoms with van der Waals surface area (Å²) >= 11 is 0. The number of H-pyrrole nitrogens is 1. The van der Waals surface area contributed by atoms with Gasteiger partial charge in [0.05, 0.1) is 17.6 Å². The summed E-state index contributed by atoms with van der Waals surface area (Å²) in [6.07, 6.45) is 4.04. The van der Waals surface area contributed by atoms with Crippen LogP contribution < -0.4 is 10.6 Å². The van der Waals surface area contributed by atoms with E-state index in [4.69, 9.17) is 0 Å². The number of aromatic amines is 1. The number of rotatable bonds is 3. The van der Waals surface area contributed by atoms with Crippen LogP contribution in [0.5, 0.6) is 0 Å². The molecule has 0 aromatic carbocycles. The van der Waals surface area contributed by atoms with Crippen LogP contribution in [-0.4, -0.2) is 21.2 Å². The van der Waals surface area contributed by atoms with E-state index >= 15 is 0 Å². The number of carbonyl (C=O) groups excluding carboxylic acids is 1. The largest absolute Gasteiger partial charge is 0.324 e. The maximum Gasteiger partial charge on any atom is 0.324 e. The van der Waals surface area contributed by atoms with Crippen LogP contribution in [0.15, 0.2) is 18.5 Å². The van der Waals surface area contributed by atoms with Gasteiger partial charge in [-0.15, -0.1) is 0 Å². The van der Waals surface area contributed by atoms with E-state index in [0.29, 0.717) is 11.5 Å². The number of hydrogen-bond donors (Lipinski definition) is 3. The van der Waals surface area contributed by atoms with Crippen LogP contribution in [-0.2, 0) is 6.42 Å². The van der Waals surface area contributed by atoms with Gasteiger partial charge in [0.25, 0.3) is 0 Å². The molecule has 2 aromatic heterocycles. The molecule has 2 rings (SSSR count). The van der Waals surface area contributed by atoms with Crippen molar-refractivity contribution < 1.29 is 4.79 Å². The minimum atomic E-state index is -0.322. The van der Waals surface area contributed by atoms with Gasteiger partial charge < -0.3 is 5.32 Å². The number of carbonyl (C=O) groups is 1. The predicted molar refractivity (Wildman–Crippen MR) is 74.3 cm³/mol. The molecule has 0 spiro atoms. The van der Waals surface area contributed by atoms with E-state index in [9.17, 15) is 4.79 Å². The highest BCUT2D eigenvalue weighted by molar-refractivity contribution is 5.99. The zero-order valence-electron chi connectivity index (χ0n) is 11.2. The van der Waals surface area contributed by atoms with E-state index in [2.05, 4.69) is 25.8 Å². The first-order valence-electron chi connectivity index (χ1n) is 6.14. The number of pyridine rings is 1. The molecule has 0 aliphatic carbocycles. The maximum absolute atomic E-state index is 11.9. The molecule has 0 saturated carbocycles. The second-order valence-corrected chi connectivity index (χ2v) is 4.30. The summed E-state index contributed by atoms with van der Waals surface area (Å²) in [5.41, 5.74) is 3.62. The van der Waals surface area contributed by atoms with Crippen LogP contribution in [0, 0.1) is 13.8 Å². The van der Waals surface area contributed by atoms with Gasteiger partial charge in [0, 0.05) is 6.20 Å². The molecular formula is C13H17N5O. The van der Waals surface area contributed by atoms with Crippen molar-refractivity contribution in [1.82, 2.24) is 15.2 Å². The third-order valence-corrected chi connectivity index (χ3v) is 3.03. The van der Waals surface area contributed by atoms with E-state index < -0.39 is 0 Å². The van der Waals surface area contributed by atoms with Crippen molar-refractivity contribution in [1.29, 1.82) is 0 Å². The van der Waals surface area contributed by atoms with Crippen LogP contribution in [0.4, 0.5) is 16.3 Å². The van der Waals surface area contributed by atoms with Crippen molar-refractivity contribution in [3.05, 3.63) is 35.3 Å². The van der Waals surface area contributed by atoms with Gasteiger partial charge in [-0.2, -0.15) is 5.10 Å². The van der Waals surface area contributed by atoms with Gasteiger partial charge in [-0.05, 0) is 37.5 Å². The van der Waals surface area contributed by atoms with Crippen LogP contribution in [0.3, 0.4) is 0 Å². The van der Waals surface area contributed by atoms with Gasteiger partial charge in [-0.1, -0.05) is 6.92 Å². The summed E-state index contributed by atoms with van der Waals surface area (Å²) in [7, 11) is 0. The van der Waals surface area contributed by atoms with E-state index in [1.165, 1.54) is 0 Å². The topological polar surface area (TPSA) is 82.7 Å². The summed E-state index contributed by atoms with van der Waals surface area (Å²) < 4.78 is 0. The molecule has 2 aromatic rings. The van der Waals surface area contributed by atoms with Crippen molar-refractivity contribution in [2.75, 3.05) is 10.6 Å². The second-order valence-electron chi connectivity index (χ2n) is 4.30. The van der Waals surface area contributed by atoms with E-state index in [1.54, 1.807) is 12.4 Å². The van der Waals surface area contributed by atoms with Gasteiger partial charge in [0.1, 0.15) is 5.82 Å². The molecule has 0 radical (unpaired) electrons. The summed E-state index contributed by atoms with van der Waals surface area (Å²) in [4.78, 5) is 16.1. The fraction of sp³-hybridized carbons (Fsp3) is 0.308. The molecule has 0 bridgehead atoms. The van der Waals surface area contributed by atoms with Crippen molar-refractivity contribution in [3.8, 4) is 0 Å². The van der Waals surface area contributed by atoms with Gasteiger partial charge in [0.2, 0.25) is 0 Å². The SMILES string of the molecule is CCc1[nH]ncc1NC(=O)Nc1nccc(C)c1C. The zero-order chi connectivity index (χ0) is 13.8. The lowest BCUT2D eigenvalue weighted by molar-refractivity contribution is 0.262. The number of nitrogens with one attached hydrogen (secondary N) is 3. The van der Waals surface area contributed by atoms with Crippen molar-refractivity contribution in [2.24, 2.45) is 0 Å². The number of hydrogen-bond acceptors (Lipinski definition) is 3. The Kier molecular flexibility index (Phi) is 3.79. The fourth-order valence-corrected chi connectivity index (χ4v) is 1.71. The molecule has 0 atom stereocenters. The molecule has 0 aliphatic rings. The third-order valence-electron chi connectivity index (χ3n) is 3.03. The average Bonchev–Trinajstić information content (AvgIpc) is 2.82. The Morgan fingerprint density at radius 3 is 2.89 bits per heavy atom. The van der Waals surface area contributed by atoms with Crippen molar-refractivity contribution in [2.45, 2.75) is 27.2 Å². The molecule has 0 unspecified atom stereocenters. The zero-order valence-corrected chi connectivity index (χ0v) is 11.2. The number of nitrogens with zero attached hydrogens (tertiary/aromatic N) is 2. The van der Waals surface area contributed by atoms with Crippen LogP contribution >= 0.6 is 0 Å². The van der Waals surface area contributed by atoms with Gasteiger partial charge in [-0.25, -0.2) is 9.78 Å². The lowest BCUT2D eigenvalue weighted by atomic mass is 10.2. The molecule has 0 fully saturated rings. The first-order valence-corrected chi connectivity index (χ1v) is 6.14. The Bertz CT molecular complexity index is 590. The Morgan fingerprint density at radius 2 is 2.16 bits per heavy atom. The first-order chi connectivity index (χ1) is 9.11. The van der Waals surface area contributed by atoms with Gasteiger partial charge in [0.15, 0.2) is 0 Å². The lowest BCUT2D eigenvalue weighted by Crippen LogP contribution is -2.21. The molecular weight excluding hydrogens is 242 g/mol. The normalized spacial score (nSPS) is 10.3. The summed E-state index contributed by atoms with van der Waals surface area (Å²) in [5.74, 6) is 0.569. The smallest absolute Gasteiger partial charge is 0.305 e. The summed E-state index contributed by atoms with van der Waals surface area (Å²) in [6.45, 7) is 5.89. The third kappa shape index (κ3) is 2.90. The average molecular weight is 259 g/mol. The fourth-order valence-electron chi connectivity index (χ4n) is 1.71. The van der Waals surface area contributed by atoms with E-state index in [-0.39, 0.29) is 6.03 Å². The van der Waals surface area contributed by atoms with Gasteiger partial charge in [-0.3, -0.25) is 10.4 Å². The Morgan fingerprint density at radius 1 is 1.37 bits per heavy atom. The number of urea groups is 1. The molecule has 100 valence electrons. The lowest BCUT2D eigenvalue weighted by Gasteiger charge is -2.10. The highest BCUT2D eigenvalue weighted by Crippen LogP contribution is 2.16. The Labute approximate surface area is 111 Å². The molecule has 6 nitrogen and oxygen atoms in total. The first kappa shape index (κ1) is 13.1. The Balaban J connectivity index is 2.08. The van der Waals surface area contributed by atoms with E-state index in [0.717, 1.165) is 23.2 Å². The summed E-state index contributed by atoms with van der Waals surface area (Å²) in [6, 6.07) is 1.58. The minimum absolute atomic E-state index is 0.322. The maximum atomic E-state index is 11.9. The quantitative estimate of drug-likeness (QED) is 0.792. The number of aryl methyl sites for hydroxylation is 2. The van der Waals surface area contributed by atoms with Crippen LogP contribution in [0.1, 0.15) is 23.7 Å². The highest BCUT2D eigenvalue weighted by atomic mass is 16.2. The molecule has 2 heterocycles. The minimum Gasteiger partial charge on any atom is -0.305 e. The molecule has 3 N–H and O–H groups in total. The molecule has 0 aliphatic heterocycles. The van der Waals surface area contributed by atoms with Crippen molar-refractivity contribution >= 4 is 17.5 Å². The van der Waals surface area contributed by atoms with Crippen LogP contribution in [0.25, 0.3) is 0 Å². The van der Waals surface area contributed by atoms with Gasteiger partial charge >= 0.3 is 6.03 Å². The number of amides is 2. The van der Waals surface area contributed by atoms with Crippen LogP contribution in [0.2, 0.25) is 0 Å². The number of aromatic nitrogens is 3. The predicted octanol–water partition coefficient (Wildman–Crippen LogP) is 2.63. The molecule has 2 amide bonds. The van der Waals surface area contributed by atoms with Crippen molar-refractivity contribution in [3.63, 3.8) is 0 Å². The molecule has 0 saturated heterocycles. The standard InChI is InChI=1S/C13H17N5O/c1-4-10-11(7-15-18-10)16-13(19)17-12-9(3)8(2)5-6-14-12/h5-7H,4H2,1-3H3,(H,15,18)(H2,14,16,17,19). The molecule has 6 heteroatoms. The number of anilines is 2. The second kappa shape index (κ2) is 5.51. The monoisotopic (exact) mass is 259 g/mol. The summed E-state index contributed by atoms with van der Waals surface area (Å²) in [5, 5.41) is 12.2. The Hall–Kier alpha value is -2.37. The molecule has 19 heavy (non-hydrogen) atoms. The highest BCUT2D eigenvalue weighted by Gasteiger charge is 2.10. The van der Waals surface area contributed by atoms with E-state index in [1.807, 2.05) is 26.8 Å².